The summed E-state index contributed by atoms with van der Waals surface area (Å²) >= 11 is 0. The molecular weight excluding hydrogens is 384 g/mol. The molecule has 1 N–H and O–H groups in total. The van der Waals surface area contributed by atoms with Crippen LogP contribution in [0.1, 0.15) is 52.7 Å². The molecule has 3 nitrogen and oxygen atoms in total. The van der Waals surface area contributed by atoms with E-state index in [0.717, 1.165) is 51.1 Å². The summed E-state index contributed by atoms with van der Waals surface area (Å²) in [5.74, 6) is 0.624. The number of rotatable bonds is 2. The predicted molar refractivity (Wildman–Crippen MR) is 123 cm³/mol. The van der Waals surface area contributed by atoms with Crippen molar-refractivity contribution in [2.75, 3.05) is 0 Å². The number of phenols is 1. The fourth-order valence-electron chi connectivity index (χ4n) is 6.01. The smallest absolute Gasteiger partial charge is 0.339 e. The fraction of sp³-hybridized carbons (Fsp3) is 0.250. The van der Waals surface area contributed by atoms with Crippen molar-refractivity contribution in [2.45, 2.75) is 38.2 Å². The standard InChI is InChI=1S/C28H24O3/c1-16-7-5-11-20-22(16)13-24-25(26(20)29)23-15-28(24,14-17(23)2)31-27(30)21-12-6-9-18-8-3-4-10-19(18)21/h3-13,17,23,29H,14-15H2,1-2H3. The molecule has 6 rings (SSSR count). The highest BCUT2D eigenvalue weighted by Crippen LogP contribution is 2.63. The van der Waals surface area contributed by atoms with E-state index in [1.165, 1.54) is 0 Å². The first-order valence-electron chi connectivity index (χ1n) is 11.0. The van der Waals surface area contributed by atoms with Gasteiger partial charge < -0.3 is 9.84 Å². The molecule has 3 unspecified atom stereocenters. The second-order valence-electron chi connectivity index (χ2n) is 9.26. The van der Waals surface area contributed by atoms with Gasteiger partial charge in [-0.05, 0) is 65.5 Å². The fourth-order valence-corrected chi connectivity index (χ4v) is 6.01. The molecule has 1 saturated carbocycles. The van der Waals surface area contributed by atoms with Gasteiger partial charge in [-0.25, -0.2) is 4.79 Å². The number of hydrogen-bond donors (Lipinski definition) is 1. The number of fused-ring (bicyclic) bond motifs is 7. The quantitative estimate of drug-likeness (QED) is 0.381. The van der Waals surface area contributed by atoms with Crippen molar-refractivity contribution in [1.29, 1.82) is 0 Å². The highest BCUT2D eigenvalue weighted by Gasteiger charge is 2.56. The van der Waals surface area contributed by atoms with Gasteiger partial charge in [0.15, 0.2) is 0 Å². The lowest BCUT2D eigenvalue weighted by atomic mass is 9.80. The maximum Gasteiger partial charge on any atom is 0.339 e. The van der Waals surface area contributed by atoms with Gasteiger partial charge >= 0.3 is 5.97 Å². The number of phenolic OH excluding ortho intramolecular Hbond substituents is 1. The van der Waals surface area contributed by atoms with Crippen LogP contribution in [-0.4, -0.2) is 11.1 Å². The van der Waals surface area contributed by atoms with E-state index in [-0.39, 0.29) is 11.9 Å². The SMILES string of the molecule is Cc1cccc2c(O)c3c(cc12)C1(OC(=O)c2cccc4ccccc24)CC(C)C3C1. The third kappa shape index (κ3) is 2.49. The van der Waals surface area contributed by atoms with Gasteiger partial charge in [0.1, 0.15) is 11.4 Å². The second-order valence-corrected chi connectivity index (χ2v) is 9.26. The van der Waals surface area contributed by atoms with Gasteiger partial charge in [-0.3, -0.25) is 0 Å². The molecule has 0 amide bonds. The number of carbonyl (C=O) groups excluding carboxylic acids is 1. The van der Waals surface area contributed by atoms with Gasteiger partial charge in [-0.1, -0.05) is 61.5 Å². The molecule has 0 saturated heterocycles. The van der Waals surface area contributed by atoms with Crippen molar-refractivity contribution >= 4 is 27.5 Å². The Morgan fingerprint density at radius 1 is 0.968 bits per heavy atom. The largest absolute Gasteiger partial charge is 0.507 e. The molecule has 2 bridgehead atoms. The average Bonchev–Trinajstić information content (AvgIpc) is 3.26. The van der Waals surface area contributed by atoms with E-state index >= 15 is 0 Å². The summed E-state index contributed by atoms with van der Waals surface area (Å²) in [4.78, 5) is 13.4. The van der Waals surface area contributed by atoms with Gasteiger partial charge in [-0.2, -0.15) is 0 Å². The van der Waals surface area contributed by atoms with Crippen LogP contribution in [0.2, 0.25) is 0 Å². The van der Waals surface area contributed by atoms with Gasteiger partial charge in [-0.15, -0.1) is 0 Å². The summed E-state index contributed by atoms with van der Waals surface area (Å²) in [6, 6.07) is 21.8. The highest BCUT2D eigenvalue weighted by molar-refractivity contribution is 6.04. The zero-order valence-corrected chi connectivity index (χ0v) is 17.7. The Morgan fingerprint density at radius 2 is 1.71 bits per heavy atom. The molecule has 3 heteroatoms. The van der Waals surface area contributed by atoms with Crippen molar-refractivity contribution in [2.24, 2.45) is 5.92 Å². The van der Waals surface area contributed by atoms with E-state index in [9.17, 15) is 9.90 Å². The summed E-state index contributed by atoms with van der Waals surface area (Å²) in [7, 11) is 0. The van der Waals surface area contributed by atoms with Crippen LogP contribution in [0.15, 0.2) is 66.7 Å². The lowest BCUT2D eigenvalue weighted by molar-refractivity contribution is -0.0177. The van der Waals surface area contributed by atoms with E-state index < -0.39 is 5.60 Å². The zero-order valence-electron chi connectivity index (χ0n) is 17.7. The molecule has 154 valence electrons. The van der Waals surface area contributed by atoms with Crippen LogP contribution in [0.5, 0.6) is 5.75 Å². The van der Waals surface area contributed by atoms with Crippen molar-refractivity contribution in [3.63, 3.8) is 0 Å². The Labute approximate surface area is 181 Å². The first-order chi connectivity index (χ1) is 15.0. The lowest BCUT2D eigenvalue weighted by Crippen LogP contribution is -2.30. The van der Waals surface area contributed by atoms with Gasteiger partial charge in [0.05, 0.1) is 5.56 Å². The average molecular weight is 408 g/mol. The Hall–Kier alpha value is -3.33. The number of aryl methyl sites for hydroxylation is 1. The molecule has 0 spiro atoms. The molecule has 31 heavy (non-hydrogen) atoms. The molecule has 1 fully saturated rings. The van der Waals surface area contributed by atoms with Gasteiger partial charge in [0.25, 0.3) is 0 Å². The summed E-state index contributed by atoms with van der Waals surface area (Å²) in [5, 5.41) is 15.0. The maximum absolute atomic E-state index is 13.4. The maximum atomic E-state index is 13.4. The molecule has 4 aromatic rings. The van der Waals surface area contributed by atoms with Crippen LogP contribution in [0.3, 0.4) is 0 Å². The zero-order chi connectivity index (χ0) is 21.3. The molecule has 2 aliphatic carbocycles. The molecule has 2 aliphatic rings. The third-order valence-electron chi connectivity index (χ3n) is 7.46. The molecule has 0 heterocycles. The Bertz CT molecular complexity index is 1380. The van der Waals surface area contributed by atoms with Crippen molar-refractivity contribution in [3.05, 3.63) is 89.0 Å². The number of aromatic hydroxyl groups is 1. The second kappa shape index (κ2) is 6.34. The summed E-state index contributed by atoms with van der Waals surface area (Å²) < 4.78 is 6.37. The number of benzene rings is 4. The summed E-state index contributed by atoms with van der Waals surface area (Å²) in [6.07, 6.45) is 1.53. The van der Waals surface area contributed by atoms with Crippen LogP contribution in [0.25, 0.3) is 21.5 Å². The van der Waals surface area contributed by atoms with E-state index in [1.54, 1.807) is 0 Å². The lowest BCUT2D eigenvalue weighted by Gasteiger charge is -2.32. The molecule has 0 aromatic heterocycles. The minimum absolute atomic E-state index is 0.209. The van der Waals surface area contributed by atoms with E-state index in [4.69, 9.17) is 4.74 Å². The van der Waals surface area contributed by atoms with Crippen molar-refractivity contribution < 1.29 is 14.6 Å². The van der Waals surface area contributed by atoms with E-state index in [0.29, 0.717) is 17.2 Å². The third-order valence-corrected chi connectivity index (χ3v) is 7.46. The van der Waals surface area contributed by atoms with Crippen molar-refractivity contribution in [1.82, 2.24) is 0 Å². The minimum atomic E-state index is -0.679. The Morgan fingerprint density at radius 3 is 2.58 bits per heavy atom. The first-order valence-corrected chi connectivity index (χ1v) is 11.0. The first kappa shape index (κ1) is 18.4. The van der Waals surface area contributed by atoms with Crippen LogP contribution in [-0.2, 0) is 10.3 Å². The normalized spacial score (nSPS) is 23.9. The molecule has 4 aromatic carbocycles. The molecular formula is C28H24O3. The monoisotopic (exact) mass is 408 g/mol. The van der Waals surface area contributed by atoms with Gasteiger partial charge in [0, 0.05) is 16.5 Å². The van der Waals surface area contributed by atoms with E-state index in [2.05, 4.69) is 26.0 Å². The number of hydrogen-bond acceptors (Lipinski definition) is 3. The molecule has 0 radical (unpaired) electrons. The molecule has 0 aliphatic heterocycles. The van der Waals surface area contributed by atoms with Crippen LogP contribution in [0.4, 0.5) is 0 Å². The van der Waals surface area contributed by atoms with Gasteiger partial charge in [0.2, 0.25) is 0 Å². The Balaban J connectivity index is 1.50. The van der Waals surface area contributed by atoms with Crippen LogP contribution < -0.4 is 0 Å². The van der Waals surface area contributed by atoms with E-state index in [1.807, 2.05) is 54.6 Å². The molecule has 3 atom stereocenters. The van der Waals surface area contributed by atoms with Crippen LogP contribution >= 0.6 is 0 Å². The van der Waals surface area contributed by atoms with Crippen LogP contribution in [0, 0.1) is 12.8 Å². The summed E-state index contributed by atoms with van der Waals surface area (Å²) in [5.41, 5.74) is 2.99. The minimum Gasteiger partial charge on any atom is -0.507 e. The van der Waals surface area contributed by atoms with Crippen molar-refractivity contribution in [3.8, 4) is 5.75 Å². The Kier molecular flexibility index (Phi) is 3.77. The topological polar surface area (TPSA) is 46.5 Å². The predicted octanol–water partition coefficient (Wildman–Crippen LogP) is 6.59. The number of ether oxygens (including phenoxy) is 1. The number of carbonyl (C=O) groups is 1. The number of esters is 1. The highest BCUT2D eigenvalue weighted by atomic mass is 16.6. The summed E-state index contributed by atoms with van der Waals surface area (Å²) in [6.45, 7) is 4.25.